The molecule has 0 spiro atoms. The van der Waals surface area contributed by atoms with Gasteiger partial charge >= 0.3 is 0 Å². The molecule has 0 saturated carbocycles. The van der Waals surface area contributed by atoms with Crippen molar-refractivity contribution in [2.45, 2.75) is 19.9 Å². The summed E-state index contributed by atoms with van der Waals surface area (Å²) in [5, 5.41) is 5.76. The van der Waals surface area contributed by atoms with Crippen LogP contribution in [-0.4, -0.2) is 43.0 Å². The van der Waals surface area contributed by atoms with E-state index in [1.165, 1.54) is 5.56 Å². The minimum Gasteiger partial charge on any atom is -0.482 e. The first kappa shape index (κ1) is 18.9. The summed E-state index contributed by atoms with van der Waals surface area (Å²) in [7, 11) is 0. The molecule has 3 rings (SSSR count). The van der Waals surface area contributed by atoms with Crippen LogP contribution in [0.1, 0.15) is 35.8 Å². The van der Waals surface area contributed by atoms with Crippen LogP contribution >= 0.6 is 0 Å². The van der Waals surface area contributed by atoms with Crippen LogP contribution in [0.4, 0.5) is 5.69 Å². The van der Waals surface area contributed by atoms with Gasteiger partial charge in [0.25, 0.3) is 11.8 Å². The number of carbonyl (C=O) groups excluding carboxylic acids is 2. The average Bonchev–Trinajstić information content (AvgIpc) is 2.71. The van der Waals surface area contributed by atoms with Gasteiger partial charge in [0.2, 0.25) is 0 Å². The quantitative estimate of drug-likeness (QED) is 0.789. The minimum absolute atomic E-state index is 0.0316. The number of fused-ring (bicyclic) bond motifs is 1. The number of rotatable bonds is 7. The van der Waals surface area contributed by atoms with E-state index in [1.54, 1.807) is 18.2 Å². The number of nitrogens with zero attached hydrogens (tertiary/aromatic N) is 1. The molecule has 6 nitrogen and oxygen atoms in total. The first-order valence-electron chi connectivity index (χ1n) is 9.26. The van der Waals surface area contributed by atoms with Gasteiger partial charge in [-0.15, -0.1) is 0 Å². The van der Waals surface area contributed by atoms with Crippen molar-refractivity contribution >= 4 is 17.5 Å². The zero-order valence-corrected chi connectivity index (χ0v) is 15.7. The highest BCUT2D eigenvalue weighted by Crippen LogP contribution is 2.28. The lowest BCUT2D eigenvalue weighted by molar-refractivity contribution is -0.118. The molecule has 0 aromatic heterocycles. The summed E-state index contributed by atoms with van der Waals surface area (Å²) in [4.78, 5) is 26.3. The van der Waals surface area contributed by atoms with Crippen LogP contribution in [0.15, 0.2) is 48.5 Å². The molecule has 0 aliphatic carbocycles. The maximum atomic E-state index is 12.7. The zero-order valence-electron chi connectivity index (χ0n) is 15.7. The standard InChI is InChI=1S/C21H25N3O3/c1-3-24(4-2)18(15-8-6-5-7-9-15)13-22-21(26)16-10-11-17-19(12-16)27-14-20(25)23-17/h5-12,18H,3-4,13-14H2,1-2H3,(H,22,26)(H,23,25)/t18-/m1/s1. The number of hydrogen-bond acceptors (Lipinski definition) is 4. The average molecular weight is 367 g/mol. The number of carbonyl (C=O) groups is 2. The van der Waals surface area contributed by atoms with Crippen LogP contribution in [0.3, 0.4) is 0 Å². The Balaban J connectivity index is 1.71. The van der Waals surface area contributed by atoms with Crippen LogP contribution in [-0.2, 0) is 4.79 Å². The first-order chi connectivity index (χ1) is 13.1. The predicted molar refractivity (Wildman–Crippen MR) is 105 cm³/mol. The smallest absolute Gasteiger partial charge is 0.262 e. The summed E-state index contributed by atoms with van der Waals surface area (Å²) in [6, 6.07) is 15.4. The molecule has 1 aliphatic heterocycles. The molecule has 142 valence electrons. The van der Waals surface area contributed by atoms with Gasteiger partial charge in [-0.1, -0.05) is 44.2 Å². The van der Waals surface area contributed by atoms with Gasteiger partial charge in [0.15, 0.2) is 6.61 Å². The van der Waals surface area contributed by atoms with E-state index in [0.29, 0.717) is 23.5 Å². The molecular weight excluding hydrogens is 342 g/mol. The molecule has 1 atom stereocenters. The molecule has 6 heteroatoms. The van der Waals surface area contributed by atoms with Crippen LogP contribution < -0.4 is 15.4 Å². The molecule has 1 aliphatic rings. The number of ether oxygens (including phenoxy) is 1. The van der Waals surface area contributed by atoms with Gasteiger partial charge in [-0.3, -0.25) is 14.5 Å². The third-order valence-corrected chi connectivity index (χ3v) is 4.77. The molecule has 2 aromatic rings. The highest BCUT2D eigenvalue weighted by atomic mass is 16.5. The van der Waals surface area contributed by atoms with Gasteiger partial charge < -0.3 is 15.4 Å². The van der Waals surface area contributed by atoms with Crippen molar-refractivity contribution < 1.29 is 14.3 Å². The third kappa shape index (κ3) is 4.46. The maximum Gasteiger partial charge on any atom is 0.262 e. The maximum absolute atomic E-state index is 12.7. The van der Waals surface area contributed by atoms with Gasteiger partial charge in [-0.2, -0.15) is 0 Å². The number of likely N-dealkylation sites (N-methyl/N-ethyl adjacent to an activating group) is 1. The molecule has 2 aromatic carbocycles. The molecule has 0 unspecified atom stereocenters. The van der Waals surface area contributed by atoms with Gasteiger partial charge in [0.1, 0.15) is 5.75 Å². The fourth-order valence-electron chi connectivity index (χ4n) is 3.30. The molecular formula is C21H25N3O3. The Hall–Kier alpha value is -2.86. The topological polar surface area (TPSA) is 70.7 Å². The first-order valence-corrected chi connectivity index (χ1v) is 9.26. The Morgan fingerprint density at radius 2 is 1.93 bits per heavy atom. The highest BCUT2D eigenvalue weighted by Gasteiger charge is 2.21. The summed E-state index contributed by atoms with van der Waals surface area (Å²) < 4.78 is 5.39. The second-order valence-corrected chi connectivity index (χ2v) is 6.41. The van der Waals surface area contributed by atoms with E-state index in [9.17, 15) is 9.59 Å². The van der Waals surface area contributed by atoms with Crippen LogP contribution in [0.5, 0.6) is 5.75 Å². The van der Waals surface area contributed by atoms with Gasteiger partial charge in [-0.05, 0) is 36.9 Å². The van der Waals surface area contributed by atoms with Crippen molar-refractivity contribution in [1.29, 1.82) is 0 Å². The number of hydrogen-bond donors (Lipinski definition) is 2. The van der Waals surface area contributed by atoms with Crippen LogP contribution in [0.2, 0.25) is 0 Å². The molecule has 0 fully saturated rings. The van der Waals surface area contributed by atoms with E-state index in [2.05, 4.69) is 41.5 Å². The fraction of sp³-hybridized carbons (Fsp3) is 0.333. The summed E-state index contributed by atoms with van der Waals surface area (Å²) in [6.45, 7) is 6.53. The normalized spacial score (nSPS) is 14.1. The molecule has 2 N–H and O–H groups in total. The number of anilines is 1. The Labute approximate surface area is 159 Å². The van der Waals surface area contributed by atoms with Gasteiger partial charge in [0, 0.05) is 12.1 Å². The Kier molecular flexibility index (Phi) is 6.08. The van der Waals surface area contributed by atoms with Gasteiger partial charge in [-0.25, -0.2) is 0 Å². The lowest BCUT2D eigenvalue weighted by Gasteiger charge is -2.30. The van der Waals surface area contributed by atoms with E-state index < -0.39 is 0 Å². The Morgan fingerprint density at radius 3 is 2.63 bits per heavy atom. The van der Waals surface area contributed by atoms with E-state index in [1.807, 2.05) is 18.2 Å². The third-order valence-electron chi connectivity index (χ3n) is 4.77. The summed E-state index contributed by atoms with van der Waals surface area (Å²) >= 11 is 0. The van der Waals surface area contributed by atoms with Crippen molar-refractivity contribution in [2.75, 3.05) is 31.6 Å². The number of benzene rings is 2. The molecule has 0 saturated heterocycles. The van der Waals surface area contributed by atoms with Crippen molar-refractivity contribution in [2.24, 2.45) is 0 Å². The molecule has 27 heavy (non-hydrogen) atoms. The molecule has 1 heterocycles. The number of nitrogens with one attached hydrogen (secondary N) is 2. The lowest BCUT2D eigenvalue weighted by Crippen LogP contribution is -2.38. The van der Waals surface area contributed by atoms with E-state index in [-0.39, 0.29) is 24.5 Å². The highest BCUT2D eigenvalue weighted by molar-refractivity contribution is 5.99. The van der Waals surface area contributed by atoms with Crippen LogP contribution in [0, 0.1) is 0 Å². The van der Waals surface area contributed by atoms with E-state index in [0.717, 1.165) is 13.1 Å². The second-order valence-electron chi connectivity index (χ2n) is 6.41. The monoisotopic (exact) mass is 367 g/mol. The van der Waals surface area contributed by atoms with Gasteiger partial charge in [0.05, 0.1) is 11.7 Å². The molecule has 0 radical (unpaired) electrons. The predicted octanol–water partition coefficient (Wildman–Crippen LogP) is 2.83. The molecule has 0 bridgehead atoms. The second kappa shape index (κ2) is 8.68. The van der Waals surface area contributed by atoms with Crippen molar-refractivity contribution in [1.82, 2.24) is 10.2 Å². The van der Waals surface area contributed by atoms with Crippen LogP contribution in [0.25, 0.3) is 0 Å². The minimum atomic E-state index is -0.190. The fourth-order valence-corrected chi connectivity index (χ4v) is 3.30. The van der Waals surface area contributed by atoms with E-state index in [4.69, 9.17) is 4.74 Å². The summed E-state index contributed by atoms with van der Waals surface area (Å²) in [6.07, 6.45) is 0. The largest absolute Gasteiger partial charge is 0.482 e. The van der Waals surface area contributed by atoms with E-state index >= 15 is 0 Å². The van der Waals surface area contributed by atoms with Crippen molar-refractivity contribution in [3.63, 3.8) is 0 Å². The lowest BCUT2D eigenvalue weighted by atomic mass is 10.0. The number of amides is 2. The summed E-state index contributed by atoms with van der Waals surface area (Å²) in [5.41, 5.74) is 2.28. The Bertz CT molecular complexity index is 804. The summed E-state index contributed by atoms with van der Waals surface area (Å²) in [5.74, 6) is 0.168. The van der Waals surface area contributed by atoms with Crippen molar-refractivity contribution in [3.05, 3.63) is 59.7 Å². The molecule has 2 amide bonds. The zero-order chi connectivity index (χ0) is 19.2. The SMILES string of the molecule is CCN(CC)[C@H](CNC(=O)c1ccc2c(c1)OCC(=O)N2)c1ccccc1. The van der Waals surface area contributed by atoms with Crippen molar-refractivity contribution in [3.8, 4) is 5.75 Å². The Morgan fingerprint density at radius 1 is 1.19 bits per heavy atom.